The average Bonchev–Trinajstić information content (AvgIpc) is 3.36. The predicted molar refractivity (Wildman–Crippen MR) is 117 cm³/mol. The van der Waals surface area contributed by atoms with Crippen LogP contribution in [0.15, 0.2) is 28.8 Å². The van der Waals surface area contributed by atoms with Crippen LogP contribution in [0.4, 0.5) is 5.82 Å². The first-order chi connectivity index (χ1) is 14.5. The number of hydrogen-bond acceptors (Lipinski definition) is 6. The van der Waals surface area contributed by atoms with Crippen molar-refractivity contribution in [3.8, 4) is 11.3 Å². The van der Waals surface area contributed by atoms with Gasteiger partial charge in [0, 0.05) is 37.3 Å². The third-order valence-corrected chi connectivity index (χ3v) is 6.64. The zero-order chi connectivity index (χ0) is 21.1. The molecule has 2 aromatic rings. The standard InChI is InChI=1S/C22H29ClN4O3/c1-26-11-7-22(8-12-26)9-13-27(15-22)21(28)18-19(16-3-5-17(23)6-4-16)30-25-20(18)24-10-14-29-2/h3-6H,7-15H2,1-2H3,(H,24,25). The number of benzene rings is 1. The summed E-state index contributed by atoms with van der Waals surface area (Å²) >= 11 is 6.04. The highest BCUT2D eigenvalue weighted by Crippen LogP contribution is 2.41. The summed E-state index contributed by atoms with van der Waals surface area (Å²) in [5.74, 6) is 0.907. The second-order valence-electron chi connectivity index (χ2n) is 8.44. The summed E-state index contributed by atoms with van der Waals surface area (Å²) in [5, 5.41) is 7.98. The van der Waals surface area contributed by atoms with Gasteiger partial charge in [-0.25, -0.2) is 0 Å². The predicted octanol–water partition coefficient (Wildman–Crippen LogP) is 3.61. The lowest BCUT2D eigenvalue weighted by Gasteiger charge is -2.37. The minimum atomic E-state index is -0.0306. The summed E-state index contributed by atoms with van der Waals surface area (Å²) in [6.07, 6.45) is 3.33. The molecule has 1 aromatic carbocycles. The monoisotopic (exact) mass is 432 g/mol. The van der Waals surface area contributed by atoms with Gasteiger partial charge in [-0.2, -0.15) is 0 Å². The van der Waals surface area contributed by atoms with E-state index in [4.69, 9.17) is 20.9 Å². The van der Waals surface area contributed by atoms with Gasteiger partial charge >= 0.3 is 0 Å². The molecule has 0 unspecified atom stereocenters. The second-order valence-corrected chi connectivity index (χ2v) is 8.88. The maximum Gasteiger partial charge on any atom is 0.261 e. The van der Waals surface area contributed by atoms with Gasteiger partial charge in [0.2, 0.25) is 0 Å². The van der Waals surface area contributed by atoms with E-state index in [1.807, 2.05) is 17.0 Å². The fourth-order valence-electron chi connectivity index (χ4n) is 4.45. The van der Waals surface area contributed by atoms with Gasteiger partial charge in [-0.1, -0.05) is 16.8 Å². The lowest BCUT2D eigenvalue weighted by Crippen LogP contribution is -2.40. The number of carbonyl (C=O) groups excluding carboxylic acids is 1. The van der Waals surface area contributed by atoms with Crippen molar-refractivity contribution >= 4 is 23.3 Å². The van der Waals surface area contributed by atoms with Crippen LogP contribution in [0.3, 0.4) is 0 Å². The molecule has 0 saturated carbocycles. The van der Waals surface area contributed by atoms with Crippen LogP contribution in [0, 0.1) is 5.41 Å². The van der Waals surface area contributed by atoms with Gasteiger partial charge in [-0.3, -0.25) is 4.79 Å². The number of amides is 1. The van der Waals surface area contributed by atoms with Gasteiger partial charge in [-0.15, -0.1) is 0 Å². The second kappa shape index (κ2) is 8.96. The number of hydrogen-bond donors (Lipinski definition) is 1. The van der Waals surface area contributed by atoms with E-state index in [0.717, 1.165) is 51.0 Å². The van der Waals surface area contributed by atoms with Gasteiger partial charge in [0.25, 0.3) is 5.91 Å². The van der Waals surface area contributed by atoms with Crippen molar-refractivity contribution in [1.82, 2.24) is 15.0 Å². The first kappa shape index (κ1) is 21.2. The number of rotatable bonds is 6. The highest BCUT2D eigenvalue weighted by molar-refractivity contribution is 6.30. The molecular weight excluding hydrogens is 404 g/mol. The van der Waals surface area contributed by atoms with Crippen LogP contribution >= 0.6 is 11.6 Å². The number of nitrogens with one attached hydrogen (secondary N) is 1. The molecule has 2 aliphatic rings. The third-order valence-electron chi connectivity index (χ3n) is 6.38. The number of piperidine rings is 1. The van der Waals surface area contributed by atoms with Crippen molar-refractivity contribution in [2.24, 2.45) is 5.41 Å². The number of halogens is 1. The minimum absolute atomic E-state index is 0.0306. The number of nitrogens with zero attached hydrogens (tertiary/aromatic N) is 3. The van der Waals surface area contributed by atoms with Gasteiger partial charge in [0.15, 0.2) is 11.6 Å². The van der Waals surface area contributed by atoms with Crippen molar-refractivity contribution in [3.05, 3.63) is 34.9 Å². The topological polar surface area (TPSA) is 70.8 Å². The summed E-state index contributed by atoms with van der Waals surface area (Å²) in [4.78, 5) is 18.0. The van der Waals surface area contributed by atoms with E-state index in [0.29, 0.717) is 35.3 Å². The van der Waals surface area contributed by atoms with Gasteiger partial charge in [0.05, 0.1) is 6.61 Å². The molecule has 4 rings (SSSR count). The van der Waals surface area contributed by atoms with Crippen LogP contribution < -0.4 is 5.32 Å². The van der Waals surface area contributed by atoms with Crippen LogP contribution in [0.25, 0.3) is 11.3 Å². The van der Waals surface area contributed by atoms with Crippen LogP contribution in [0.1, 0.15) is 29.6 Å². The Bertz CT molecular complexity index is 875. The van der Waals surface area contributed by atoms with Crippen molar-refractivity contribution < 1.29 is 14.1 Å². The van der Waals surface area contributed by atoms with E-state index in [1.54, 1.807) is 19.2 Å². The number of likely N-dealkylation sites (tertiary alicyclic amines) is 2. The Balaban J connectivity index is 1.60. The summed E-state index contributed by atoms with van der Waals surface area (Å²) in [6.45, 7) is 4.80. The molecule has 2 saturated heterocycles. The zero-order valence-electron chi connectivity index (χ0n) is 17.6. The number of ether oxygens (including phenoxy) is 1. The Morgan fingerprint density at radius 3 is 2.63 bits per heavy atom. The molecule has 2 fully saturated rings. The summed E-state index contributed by atoms with van der Waals surface area (Å²) < 4.78 is 10.8. The van der Waals surface area contributed by atoms with Crippen LogP contribution in [-0.2, 0) is 4.74 Å². The Morgan fingerprint density at radius 2 is 1.93 bits per heavy atom. The van der Waals surface area contributed by atoms with Gasteiger partial charge < -0.3 is 24.4 Å². The molecule has 162 valence electrons. The first-order valence-corrected chi connectivity index (χ1v) is 10.9. The highest BCUT2D eigenvalue weighted by Gasteiger charge is 2.43. The molecule has 1 aromatic heterocycles. The van der Waals surface area contributed by atoms with Crippen LogP contribution in [0.2, 0.25) is 5.02 Å². The van der Waals surface area contributed by atoms with E-state index in [2.05, 4.69) is 22.4 Å². The molecule has 0 atom stereocenters. The first-order valence-electron chi connectivity index (χ1n) is 10.5. The van der Waals surface area contributed by atoms with E-state index in [-0.39, 0.29) is 11.3 Å². The number of aromatic nitrogens is 1. The Kier molecular flexibility index (Phi) is 6.32. The SMILES string of the molecule is COCCNc1noc(-c2ccc(Cl)cc2)c1C(=O)N1CCC2(CCN(C)CC2)C1. The molecule has 0 bridgehead atoms. The molecule has 2 aliphatic heterocycles. The molecule has 1 spiro atoms. The molecule has 30 heavy (non-hydrogen) atoms. The molecule has 8 heteroatoms. The molecule has 3 heterocycles. The van der Waals surface area contributed by atoms with E-state index >= 15 is 0 Å². The van der Waals surface area contributed by atoms with Crippen LogP contribution in [0.5, 0.6) is 0 Å². The number of carbonyl (C=O) groups is 1. The number of anilines is 1. The lowest BCUT2D eigenvalue weighted by atomic mass is 9.78. The summed E-state index contributed by atoms with van der Waals surface area (Å²) in [5.41, 5.74) is 1.50. The lowest BCUT2D eigenvalue weighted by molar-refractivity contribution is 0.0737. The normalized spacial score (nSPS) is 18.8. The maximum absolute atomic E-state index is 13.6. The Labute approximate surface area is 182 Å². The summed E-state index contributed by atoms with van der Waals surface area (Å²) in [6, 6.07) is 7.27. The molecular formula is C22H29ClN4O3. The molecule has 7 nitrogen and oxygen atoms in total. The minimum Gasteiger partial charge on any atom is -0.383 e. The third kappa shape index (κ3) is 4.33. The van der Waals surface area contributed by atoms with Crippen molar-refractivity contribution in [2.45, 2.75) is 19.3 Å². The molecule has 1 N–H and O–H groups in total. The Hall–Kier alpha value is -2.09. The molecule has 0 aliphatic carbocycles. The summed E-state index contributed by atoms with van der Waals surface area (Å²) in [7, 11) is 3.80. The van der Waals surface area contributed by atoms with E-state index in [9.17, 15) is 4.79 Å². The van der Waals surface area contributed by atoms with Gasteiger partial charge in [-0.05, 0) is 69.1 Å². The average molecular weight is 433 g/mol. The van der Waals surface area contributed by atoms with E-state index < -0.39 is 0 Å². The van der Waals surface area contributed by atoms with E-state index in [1.165, 1.54) is 0 Å². The van der Waals surface area contributed by atoms with Crippen LogP contribution in [-0.4, -0.2) is 74.4 Å². The zero-order valence-corrected chi connectivity index (χ0v) is 18.4. The quantitative estimate of drug-likeness (QED) is 0.703. The van der Waals surface area contributed by atoms with Crippen molar-refractivity contribution in [3.63, 3.8) is 0 Å². The van der Waals surface area contributed by atoms with Crippen molar-refractivity contribution in [1.29, 1.82) is 0 Å². The maximum atomic E-state index is 13.6. The fourth-order valence-corrected chi connectivity index (χ4v) is 4.57. The van der Waals surface area contributed by atoms with Gasteiger partial charge in [0.1, 0.15) is 5.56 Å². The fraction of sp³-hybridized carbons (Fsp3) is 0.545. The molecule has 1 amide bonds. The Morgan fingerprint density at radius 1 is 1.23 bits per heavy atom. The largest absolute Gasteiger partial charge is 0.383 e. The highest BCUT2D eigenvalue weighted by atomic mass is 35.5. The van der Waals surface area contributed by atoms with Crippen molar-refractivity contribution in [2.75, 3.05) is 58.8 Å². The number of methoxy groups -OCH3 is 1. The molecule has 0 radical (unpaired) electrons. The smallest absolute Gasteiger partial charge is 0.261 e.